The fourth-order valence-corrected chi connectivity index (χ4v) is 1.56. The monoisotopic (exact) mass is 323 g/mol. The van der Waals surface area contributed by atoms with Gasteiger partial charge < -0.3 is 24.3 Å². The molecule has 0 unspecified atom stereocenters. The minimum absolute atomic E-state index is 0.194. The average Bonchev–Trinajstić information content (AvgIpc) is 2.47. The molecule has 0 spiro atoms. The van der Waals surface area contributed by atoms with Gasteiger partial charge in [-0.05, 0) is 18.2 Å². The normalized spacial score (nSPS) is 17.4. The van der Waals surface area contributed by atoms with E-state index in [-0.39, 0.29) is 5.57 Å². The van der Waals surface area contributed by atoms with Crippen molar-refractivity contribution in [1.29, 1.82) is 0 Å². The largest absolute Gasteiger partial charge is 0.497 e. The summed E-state index contributed by atoms with van der Waals surface area (Å²) >= 11 is 0. The summed E-state index contributed by atoms with van der Waals surface area (Å²) in [6.45, 7) is 6.94. The van der Waals surface area contributed by atoms with Crippen LogP contribution in [-0.4, -0.2) is 38.5 Å². The molecule has 0 bridgehead atoms. The molecule has 0 aromatic heterocycles. The molecule has 7 nitrogen and oxygen atoms in total. The zero-order valence-corrected chi connectivity index (χ0v) is 13.7. The maximum absolute atomic E-state index is 11.7. The summed E-state index contributed by atoms with van der Waals surface area (Å²) < 4.78 is 20.0. The van der Waals surface area contributed by atoms with E-state index in [2.05, 4.69) is 11.9 Å². The molecule has 0 radical (unpaired) electrons. The number of carbonyl (C=O) groups is 2. The zero-order valence-electron chi connectivity index (χ0n) is 13.7. The Hall–Kier alpha value is -2.70. The van der Waals surface area contributed by atoms with E-state index in [0.29, 0.717) is 18.1 Å². The first-order valence-electron chi connectivity index (χ1n) is 6.84. The van der Waals surface area contributed by atoms with E-state index in [1.807, 2.05) is 0 Å². The van der Waals surface area contributed by atoms with E-state index in [1.165, 1.54) is 34.3 Å². The Morgan fingerprint density at radius 2 is 1.78 bits per heavy atom. The minimum Gasteiger partial charge on any atom is -0.497 e. The summed E-state index contributed by atoms with van der Waals surface area (Å²) in [5.74, 6) is -1.66. The number of carbonyl (C=O) groups excluding carboxylic acids is 2. The fraction of sp³-hybridized carbons (Fsp3) is 0.375. The average molecular weight is 323 g/mol. The quantitative estimate of drug-likeness (QED) is 0.190. The highest BCUT2D eigenvalue weighted by Crippen LogP contribution is 2.21. The van der Waals surface area contributed by atoms with Crippen LogP contribution in [0.1, 0.15) is 13.8 Å². The van der Waals surface area contributed by atoms with Gasteiger partial charge in [-0.3, -0.25) is 0 Å². The number of nitrogens with one attached hydrogen (secondary N) is 1. The van der Waals surface area contributed by atoms with Crippen molar-refractivity contribution < 1.29 is 28.5 Å². The lowest BCUT2D eigenvalue weighted by Gasteiger charge is -2.29. The number of hydrogen-bond donors (Lipinski definition) is 1. The number of ether oxygens (including phenoxy) is 4. The van der Waals surface area contributed by atoms with Crippen LogP contribution in [0.3, 0.4) is 0 Å². The first kappa shape index (κ1) is 18.3. The predicted octanol–water partition coefficient (Wildman–Crippen LogP) is 1.54. The van der Waals surface area contributed by atoms with E-state index in [4.69, 9.17) is 18.9 Å². The van der Waals surface area contributed by atoms with Crippen LogP contribution < -0.4 is 5.32 Å². The molecule has 0 amide bonds. The maximum Gasteiger partial charge on any atom is 0.350 e. The SMILES string of the molecule is C=C(/C=C\C(=C/CNC=C1C(=O)OC(C)(C)OC1=O)OC)OC. The number of allylic oxidation sites excluding steroid dienone is 2. The van der Waals surface area contributed by atoms with Crippen LogP contribution in [0.25, 0.3) is 0 Å². The second-order valence-corrected chi connectivity index (χ2v) is 4.96. The van der Waals surface area contributed by atoms with Gasteiger partial charge >= 0.3 is 11.9 Å². The summed E-state index contributed by atoms with van der Waals surface area (Å²) in [6.07, 6.45) is 6.28. The van der Waals surface area contributed by atoms with Crippen LogP contribution in [0, 0.1) is 0 Å². The molecule has 1 rings (SSSR count). The van der Waals surface area contributed by atoms with Gasteiger partial charge in [0.25, 0.3) is 5.79 Å². The third-order valence-corrected chi connectivity index (χ3v) is 2.72. The summed E-state index contributed by atoms with van der Waals surface area (Å²) in [5.41, 5.74) is -0.194. The number of esters is 2. The maximum atomic E-state index is 11.7. The predicted molar refractivity (Wildman–Crippen MR) is 82.7 cm³/mol. The Balaban J connectivity index is 2.62. The summed E-state index contributed by atoms with van der Waals surface area (Å²) in [7, 11) is 3.03. The highest BCUT2D eigenvalue weighted by atomic mass is 16.7. The van der Waals surface area contributed by atoms with Crippen LogP contribution >= 0.6 is 0 Å². The molecule has 1 fully saturated rings. The molecule has 7 heteroatoms. The van der Waals surface area contributed by atoms with E-state index in [0.717, 1.165) is 0 Å². The van der Waals surface area contributed by atoms with Gasteiger partial charge in [-0.2, -0.15) is 0 Å². The van der Waals surface area contributed by atoms with E-state index < -0.39 is 17.7 Å². The molecule has 0 aliphatic carbocycles. The molecular formula is C16H21NO6. The van der Waals surface area contributed by atoms with Gasteiger partial charge in [-0.15, -0.1) is 0 Å². The Morgan fingerprint density at radius 3 is 2.30 bits per heavy atom. The molecule has 0 atom stereocenters. The molecule has 23 heavy (non-hydrogen) atoms. The minimum atomic E-state index is -1.25. The molecule has 1 aliphatic heterocycles. The van der Waals surface area contributed by atoms with Crippen molar-refractivity contribution in [3.63, 3.8) is 0 Å². The molecule has 0 aromatic rings. The Bertz CT molecular complexity index is 549. The lowest BCUT2D eigenvalue weighted by atomic mass is 10.2. The highest BCUT2D eigenvalue weighted by Gasteiger charge is 2.38. The van der Waals surface area contributed by atoms with E-state index in [9.17, 15) is 9.59 Å². The van der Waals surface area contributed by atoms with Crippen LogP contribution in [-0.2, 0) is 28.5 Å². The molecule has 1 N–H and O–H groups in total. The van der Waals surface area contributed by atoms with Gasteiger partial charge in [-0.1, -0.05) is 6.58 Å². The van der Waals surface area contributed by atoms with Gasteiger partial charge in [0.2, 0.25) is 0 Å². The van der Waals surface area contributed by atoms with Gasteiger partial charge in [0.1, 0.15) is 11.5 Å². The number of methoxy groups -OCH3 is 2. The topological polar surface area (TPSA) is 83.1 Å². The summed E-state index contributed by atoms with van der Waals surface area (Å²) in [5, 5.41) is 2.80. The highest BCUT2D eigenvalue weighted by molar-refractivity contribution is 6.15. The van der Waals surface area contributed by atoms with Crippen molar-refractivity contribution in [2.75, 3.05) is 20.8 Å². The molecule has 1 aliphatic rings. The molecule has 0 saturated carbocycles. The van der Waals surface area contributed by atoms with Crippen molar-refractivity contribution in [3.05, 3.63) is 48.1 Å². The molecule has 126 valence electrons. The standard InChI is InChI=1S/C16H21NO6/c1-11(20-4)6-7-12(21-5)8-9-17-10-13-14(18)22-16(2,3)23-15(13)19/h6-8,10,17H,1,9H2,2-5H3/b7-6-,12-8+. The van der Waals surface area contributed by atoms with Crippen LogP contribution in [0.5, 0.6) is 0 Å². The van der Waals surface area contributed by atoms with Crippen LogP contribution in [0.15, 0.2) is 48.1 Å². The smallest absolute Gasteiger partial charge is 0.350 e. The van der Waals surface area contributed by atoms with Crippen molar-refractivity contribution in [2.45, 2.75) is 19.6 Å². The Morgan fingerprint density at radius 1 is 1.17 bits per heavy atom. The van der Waals surface area contributed by atoms with Crippen LogP contribution in [0.4, 0.5) is 0 Å². The van der Waals surface area contributed by atoms with Gasteiger partial charge in [0.15, 0.2) is 5.57 Å². The van der Waals surface area contributed by atoms with Crippen molar-refractivity contribution >= 4 is 11.9 Å². The van der Waals surface area contributed by atoms with Gasteiger partial charge in [-0.25, -0.2) is 9.59 Å². The second-order valence-electron chi connectivity index (χ2n) is 4.96. The molecule has 1 heterocycles. The van der Waals surface area contributed by atoms with E-state index in [1.54, 1.807) is 18.2 Å². The number of hydrogen-bond acceptors (Lipinski definition) is 7. The lowest BCUT2D eigenvalue weighted by Crippen LogP contribution is -2.42. The number of rotatable bonds is 7. The second kappa shape index (κ2) is 8.07. The third-order valence-electron chi connectivity index (χ3n) is 2.72. The fourth-order valence-electron chi connectivity index (χ4n) is 1.56. The van der Waals surface area contributed by atoms with Crippen molar-refractivity contribution in [2.24, 2.45) is 0 Å². The van der Waals surface area contributed by atoms with Gasteiger partial charge in [0.05, 0.1) is 14.2 Å². The Labute approximate surface area is 135 Å². The Kier molecular flexibility index (Phi) is 6.44. The zero-order chi connectivity index (χ0) is 17.5. The molecular weight excluding hydrogens is 302 g/mol. The lowest BCUT2D eigenvalue weighted by molar-refractivity contribution is -0.222. The summed E-state index contributed by atoms with van der Waals surface area (Å²) in [6, 6.07) is 0. The first-order chi connectivity index (χ1) is 10.8. The third kappa shape index (κ3) is 5.90. The number of cyclic esters (lactones) is 2. The van der Waals surface area contributed by atoms with Crippen molar-refractivity contribution in [3.8, 4) is 0 Å². The summed E-state index contributed by atoms with van der Waals surface area (Å²) in [4.78, 5) is 23.4. The molecule has 1 saturated heterocycles. The van der Waals surface area contributed by atoms with Gasteiger partial charge in [0, 0.05) is 26.6 Å². The van der Waals surface area contributed by atoms with Crippen LogP contribution in [0.2, 0.25) is 0 Å². The van der Waals surface area contributed by atoms with Crippen molar-refractivity contribution in [1.82, 2.24) is 5.32 Å². The van der Waals surface area contributed by atoms with E-state index >= 15 is 0 Å². The first-order valence-corrected chi connectivity index (χ1v) is 6.84. The molecule has 0 aromatic carbocycles.